The molecule has 10 heteroatoms. The highest BCUT2D eigenvalue weighted by molar-refractivity contribution is 8.01. The number of carbonyl (C=O) groups excluding carboxylic acids is 2. The number of rotatable bonds is 4. The monoisotopic (exact) mass is 399 g/mol. The van der Waals surface area contributed by atoms with Crippen LogP contribution in [0.5, 0.6) is 0 Å². The van der Waals surface area contributed by atoms with Crippen LogP contribution in [0, 0.1) is 6.92 Å². The van der Waals surface area contributed by atoms with Gasteiger partial charge in [-0.2, -0.15) is 13.2 Å². The van der Waals surface area contributed by atoms with E-state index in [1.54, 1.807) is 20.0 Å². The number of halogens is 3. The molecular weight excluding hydrogens is 383 g/mol. The average Bonchev–Trinajstić information content (AvgIpc) is 2.99. The zero-order chi connectivity index (χ0) is 19.8. The number of anilines is 1. The number of alkyl halides is 3. The summed E-state index contributed by atoms with van der Waals surface area (Å²) in [4.78, 5) is 26.5. The fourth-order valence-corrected chi connectivity index (χ4v) is 3.68. The Morgan fingerprint density at radius 2 is 2.11 bits per heavy atom. The lowest BCUT2D eigenvalue weighted by molar-refractivity contribution is -0.137. The van der Waals surface area contributed by atoms with Crippen LogP contribution in [0.25, 0.3) is 0 Å². The molecule has 0 fully saturated rings. The molecule has 1 N–H and O–H groups in total. The second-order valence-corrected chi connectivity index (χ2v) is 7.43. The quantitative estimate of drug-likeness (QED) is 0.852. The van der Waals surface area contributed by atoms with Gasteiger partial charge in [-0.05, 0) is 25.1 Å². The van der Waals surface area contributed by atoms with Crippen molar-refractivity contribution in [3.05, 3.63) is 41.3 Å². The first kappa shape index (κ1) is 19.3. The largest absolute Gasteiger partial charge is 0.416 e. The number of nitrogens with zero attached hydrogens (tertiary/aromatic N) is 2. The molecule has 2 heterocycles. The molecule has 27 heavy (non-hydrogen) atoms. The summed E-state index contributed by atoms with van der Waals surface area (Å²) in [5.41, 5.74) is -0.136. The fraction of sp³-hybridized carbons (Fsp3) is 0.353. The third-order valence-electron chi connectivity index (χ3n) is 3.99. The van der Waals surface area contributed by atoms with Gasteiger partial charge in [0.25, 0.3) is 0 Å². The molecule has 1 aromatic carbocycles. The number of benzene rings is 1. The molecule has 0 radical (unpaired) electrons. The number of nitrogens with one attached hydrogen (secondary N) is 1. The third-order valence-corrected chi connectivity index (χ3v) is 5.26. The van der Waals surface area contributed by atoms with Crippen molar-refractivity contribution in [2.75, 3.05) is 12.4 Å². The summed E-state index contributed by atoms with van der Waals surface area (Å²) in [7, 11) is 1.58. The first-order valence-corrected chi connectivity index (χ1v) is 8.86. The van der Waals surface area contributed by atoms with Gasteiger partial charge in [0.1, 0.15) is 11.5 Å². The minimum atomic E-state index is -4.49. The normalized spacial score (nSPS) is 16.6. The van der Waals surface area contributed by atoms with Gasteiger partial charge < -0.3 is 14.7 Å². The van der Waals surface area contributed by atoms with Gasteiger partial charge in [0.2, 0.25) is 11.8 Å². The minimum absolute atomic E-state index is 0.0791. The minimum Gasteiger partial charge on any atom is -0.361 e. The van der Waals surface area contributed by atoms with Crippen LogP contribution in [0.2, 0.25) is 0 Å². The predicted molar refractivity (Wildman–Crippen MR) is 92.0 cm³/mol. The first-order valence-electron chi connectivity index (χ1n) is 7.98. The van der Waals surface area contributed by atoms with Crippen molar-refractivity contribution in [2.24, 2.45) is 0 Å². The summed E-state index contributed by atoms with van der Waals surface area (Å²) >= 11 is 1.08. The van der Waals surface area contributed by atoms with Gasteiger partial charge >= 0.3 is 6.18 Å². The number of thioether (sulfide) groups is 1. The molecule has 2 amide bonds. The van der Waals surface area contributed by atoms with E-state index in [1.807, 2.05) is 0 Å². The van der Waals surface area contributed by atoms with E-state index in [-0.39, 0.29) is 24.6 Å². The van der Waals surface area contributed by atoms with Crippen LogP contribution in [0.15, 0.2) is 33.7 Å². The molecule has 0 spiro atoms. The topological polar surface area (TPSA) is 75.4 Å². The zero-order valence-corrected chi connectivity index (χ0v) is 15.3. The van der Waals surface area contributed by atoms with Crippen LogP contribution in [0.1, 0.15) is 23.4 Å². The molecular formula is C17H16F3N3O3S. The van der Waals surface area contributed by atoms with Crippen molar-refractivity contribution >= 4 is 29.3 Å². The van der Waals surface area contributed by atoms with Crippen molar-refractivity contribution in [2.45, 2.75) is 36.2 Å². The molecule has 2 aromatic rings. The van der Waals surface area contributed by atoms with Gasteiger partial charge in [-0.15, -0.1) is 11.8 Å². The standard InChI is InChI=1S/C17H16F3N3O3S/c1-9-5-11(22-26-9)8-23(2)15(24)7-14-16(25)21-12-6-10(17(18,19)20)3-4-13(12)27-14/h3-6,14H,7-8H2,1-2H3,(H,21,25). The van der Waals surface area contributed by atoms with Crippen LogP contribution in [0.3, 0.4) is 0 Å². The van der Waals surface area contributed by atoms with Crippen molar-refractivity contribution < 1.29 is 27.3 Å². The summed E-state index contributed by atoms with van der Waals surface area (Å²) < 4.78 is 43.3. The molecule has 1 atom stereocenters. The van der Waals surface area contributed by atoms with E-state index in [4.69, 9.17) is 4.52 Å². The Morgan fingerprint density at radius 1 is 1.37 bits per heavy atom. The maximum atomic E-state index is 12.8. The second-order valence-electron chi connectivity index (χ2n) is 6.19. The number of fused-ring (bicyclic) bond motifs is 1. The van der Waals surface area contributed by atoms with Gasteiger partial charge in [-0.1, -0.05) is 5.16 Å². The summed E-state index contributed by atoms with van der Waals surface area (Å²) in [5.74, 6) is -0.146. The number of aromatic nitrogens is 1. The van der Waals surface area contributed by atoms with Crippen molar-refractivity contribution in [3.63, 3.8) is 0 Å². The van der Waals surface area contributed by atoms with E-state index >= 15 is 0 Å². The lowest BCUT2D eigenvalue weighted by Gasteiger charge is -2.26. The van der Waals surface area contributed by atoms with Crippen LogP contribution in [0.4, 0.5) is 18.9 Å². The van der Waals surface area contributed by atoms with E-state index in [0.717, 1.165) is 23.9 Å². The van der Waals surface area contributed by atoms with Crippen molar-refractivity contribution in [3.8, 4) is 0 Å². The molecule has 3 rings (SSSR count). The first-order chi connectivity index (χ1) is 12.6. The molecule has 0 saturated carbocycles. The Balaban J connectivity index is 1.66. The van der Waals surface area contributed by atoms with Gasteiger partial charge in [-0.25, -0.2) is 0 Å². The summed E-state index contributed by atoms with van der Waals surface area (Å²) in [6, 6.07) is 4.88. The van der Waals surface area contributed by atoms with Crippen LogP contribution < -0.4 is 5.32 Å². The van der Waals surface area contributed by atoms with E-state index < -0.39 is 22.9 Å². The molecule has 6 nitrogen and oxygen atoms in total. The lowest BCUT2D eigenvalue weighted by Crippen LogP contribution is -2.35. The smallest absolute Gasteiger partial charge is 0.361 e. The molecule has 0 aliphatic carbocycles. The van der Waals surface area contributed by atoms with E-state index in [1.165, 1.54) is 11.0 Å². The Hall–Kier alpha value is -2.49. The van der Waals surface area contributed by atoms with Crippen molar-refractivity contribution in [1.82, 2.24) is 10.1 Å². The maximum Gasteiger partial charge on any atom is 0.416 e. The molecule has 1 aromatic heterocycles. The number of aryl methyl sites for hydroxylation is 1. The highest BCUT2D eigenvalue weighted by Crippen LogP contribution is 2.40. The second kappa shape index (κ2) is 7.26. The van der Waals surface area contributed by atoms with E-state index in [0.29, 0.717) is 16.3 Å². The summed E-state index contributed by atoms with van der Waals surface area (Å²) in [6.45, 7) is 1.98. The fourth-order valence-electron chi connectivity index (χ4n) is 2.60. The molecule has 1 unspecified atom stereocenters. The number of hydrogen-bond donors (Lipinski definition) is 1. The van der Waals surface area contributed by atoms with Gasteiger partial charge in [0, 0.05) is 24.4 Å². The summed E-state index contributed by atoms with van der Waals surface area (Å²) in [5, 5.41) is 5.56. The number of carbonyl (C=O) groups is 2. The van der Waals surface area contributed by atoms with E-state index in [9.17, 15) is 22.8 Å². The zero-order valence-electron chi connectivity index (χ0n) is 14.5. The predicted octanol–water partition coefficient (Wildman–Crippen LogP) is 3.46. The van der Waals surface area contributed by atoms with E-state index in [2.05, 4.69) is 10.5 Å². The molecule has 1 aliphatic heterocycles. The molecule has 0 bridgehead atoms. The summed E-state index contributed by atoms with van der Waals surface area (Å²) in [6.07, 6.45) is -4.57. The molecule has 0 saturated heterocycles. The van der Waals surface area contributed by atoms with Crippen molar-refractivity contribution in [1.29, 1.82) is 0 Å². The van der Waals surface area contributed by atoms with Crippen LogP contribution in [-0.2, 0) is 22.3 Å². The van der Waals surface area contributed by atoms with Crippen LogP contribution >= 0.6 is 11.8 Å². The van der Waals surface area contributed by atoms with Gasteiger partial charge in [0.05, 0.1) is 23.0 Å². The number of hydrogen-bond acceptors (Lipinski definition) is 5. The highest BCUT2D eigenvalue weighted by atomic mass is 32.2. The van der Waals surface area contributed by atoms with Crippen LogP contribution in [-0.4, -0.2) is 34.2 Å². The van der Waals surface area contributed by atoms with Gasteiger partial charge in [-0.3, -0.25) is 9.59 Å². The SMILES string of the molecule is Cc1cc(CN(C)C(=O)CC2Sc3ccc(C(F)(F)F)cc3NC2=O)no1. The highest BCUT2D eigenvalue weighted by Gasteiger charge is 2.34. The lowest BCUT2D eigenvalue weighted by atomic mass is 10.1. The Labute approximate surface area is 157 Å². The Morgan fingerprint density at radius 3 is 2.74 bits per heavy atom. The Bertz CT molecular complexity index is 882. The molecule has 144 valence electrons. The number of amides is 2. The molecule has 1 aliphatic rings. The maximum absolute atomic E-state index is 12.8. The average molecular weight is 399 g/mol. The third kappa shape index (κ3) is 4.44. The Kier molecular flexibility index (Phi) is 5.18. The van der Waals surface area contributed by atoms with Gasteiger partial charge in [0.15, 0.2) is 0 Å².